The fraction of sp³-hybridized carbons (Fsp3) is 0.286. The second kappa shape index (κ2) is 13.5. The Morgan fingerprint density at radius 1 is 1.06 bits per heavy atom. The number of nitrogens with two attached hydrogens (primary N) is 1. The third kappa shape index (κ3) is 7.79. The number of rotatable bonds is 11. The minimum Gasteiger partial charge on any atom is -0.366 e. The number of hydrogen-bond donors (Lipinski definition) is 2. The van der Waals surface area contributed by atoms with Crippen LogP contribution in [0.5, 0.6) is 0 Å². The van der Waals surface area contributed by atoms with E-state index in [1.165, 1.54) is 0 Å². The average Bonchev–Trinajstić information content (AvgIpc) is 2.81. The van der Waals surface area contributed by atoms with Crippen LogP contribution in [-0.2, 0) is 4.79 Å². The van der Waals surface area contributed by atoms with Gasteiger partial charge in [-0.3, -0.25) is 9.59 Å². The van der Waals surface area contributed by atoms with E-state index in [4.69, 9.17) is 5.73 Å². The largest absolute Gasteiger partial charge is 0.366 e. The summed E-state index contributed by atoms with van der Waals surface area (Å²) in [5.74, 6) is 0.369. The fourth-order valence-corrected chi connectivity index (χ4v) is 4.54. The molecule has 2 amide bonds. The molecule has 0 saturated carbocycles. The fourth-order valence-electron chi connectivity index (χ4n) is 3.49. The van der Waals surface area contributed by atoms with Gasteiger partial charge in [0.15, 0.2) is 0 Å². The van der Waals surface area contributed by atoms with Crippen molar-refractivity contribution in [1.82, 2.24) is 0 Å². The maximum Gasteiger partial charge on any atom is 0.249 e. The number of thioether (sulfide) groups is 1. The molecule has 0 aromatic heterocycles. The zero-order chi connectivity index (χ0) is 24.2. The molecule has 0 aliphatic carbocycles. The lowest BCUT2D eigenvalue weighted by Crippen LogP contribution is -2.21. The minimum absolute atomic E-state index is 0.103. The van der Waals surface area contributed by atoms with E-state index in [1.54, 1.807) is 17.8 Å². The van der Waals surface area contributed by atoms with Gasteiger partial charge in [-0.05, 0) is 43.9 Å². The molecule has 2 atom stereocenters. The van der Waals surface area contributed by atoms with E-state index >= 15 is 0 Å². The standard InChI is InChI=1S/C28H34N2O2S/c1-5-8-10-13-20(4)19-33-26(7-3)24-17-16-22(18-25(24)27(29)31)30-28(32)23(6-2)21-14-11-9-12-15-21/h5,7-18,20,23H,6,19H2,1-4H3,(H2,29,31)(H,30,32)/b8-5-,13-10-,26-7-. The summed E-state index contributed by atoms with van der Waals surface area (Å²) in [6.07, 6.45) is 10.9. The summed E-state index contributed by atoms with van der Waals surface area (Å²) in [6, 6.07) is 15.1. The molecule has 3 N–H and O–H groups in total. The quantitative estimate of drug-likeness (QED) is 0.362. The molecule has 0 aliphatic heterocycles. The van der Waals surface area contributed by atoms with Crippen molar-refractivity contribution < 1.29 is 9.59 Å². The number of anilines is 1. The predicted molar refractivity (Wildman–Crippen MR) is 142 cm³/mol. The Hall–Kier alpha value is -3.05. The normalized spacial score (nSPS) is 13.9. The van der Waals surface area contributed by atoms with Crippen molar-refractivity contribution in [3.8, 4) is 0 Å². The first kappa shape index (κ1) is 26.2. The molecule has 0 saturated heterocycles. The van der Waals surface area contributed by atoms with Crippen LogP contribution in [0.15, 0.2) is 78.9 Å². The third-order valence-electron chi connectivity index (χ3n) is 5.25. The Morgan fingerprint density at radius 2 is 1.79 bits per heavy atom. The van der Waals surface area contributed by atoms with E-state index in [0.717, 1.165) is 21.8 Å². The van der Waals surface area contributed by atoms with Crippen molar-refractivity contribution in [2.45, 2.75) is 40.0 Å². The first-order valence-corrected chi connectivity index (χ1v) is 12.3. The van der Waals surface area contributed by atoms with Crippen LogP contribution in [0.3, 0.4) is 0 Å². The molecule has 2 aromatic rings. The molecule has 0 aliphatic rings. The van der Waals surface area contributed by atoms with Crippen molar-refractivity contribution in [3.63, 3.8) is 0 Å². The number of primary amides is 1. The van der Waals surface area contributed by atoms with E-state index in [2.05, 4.69) is 18.3 Å². The van der Waals surface area contributed by atoms with Crippen LogP contribution in [0.1, 0.15) is 61.5 Å². The van der Waals surface area contributed by atoms with Crippen LogP contribution in [0.4, 0.5) is 5.69 Å². The summed E-state index contributed by atoms with van der Waals surface area (Å²) in [5.41, 5.74) is 8.43. The zero-order valence-corrected chi connectivity index (χ0v) is 20.7. The Balaban J connectivity index is 2.20. The van der Waals surface area contributed by atoms with Crippen molar-refractivity contribution in [3.05, 3.63) is 95.6 Å². The number of amides is 2. The molecular formula is C28H34N2O2S. The van der Waals surface area contributed by atoms with Gasteiger partial charge in [0.05, 0.1) is 5.92 Å². The van der Waals surface area contributed by atoms with Gasteiger partial charge in [-0.25, -0.2) is 0 Å². The van der Waals surface area contributed by atoms with Crippen LogP contribution in [0.2, 0.25) is 0 Å². The topological polar surface area (TPSA) is 72.2 Å². The number of benzene rings is 2. The number of carbonyl (C=O) groups is 2. The lowest BCUT2D eigenvalue weighted by atomic mass is 9.95. The molecular weight excluding hydrogens is 428 g/mol. The number of allylic oxidation sites excluding steroid dienone is 5. The van der Waals surface area contributed by atoms with Gasteiger partial charge >= 0.3 is 0 Å². The molecule has 2 aromatic carbocycles. The smallest absolute Gasteiger partial charge is 0.249 e. The SMILES string of the molecule is C/C=C\C=C/C(C)CS/C(=C\C)c1ccc(NC(=O)C(CC)c2ccccc2)cc1C(N)=O. The molecule has 4 nitrogen and oxygen atoms in total. The van der Waals surface area contributed by atoms with Crippen LogP contribution in [0.25, 0.3) is 4.91 Å². The number of hydrogen-bond acceptors (Lipinski definition) is 3. The Bertz CT molecular complexity index is 1030. The molecule has 33 heavy (non-hydrogen) atoms. The molecule has 0 bridgehead atoms. The molecule has 0 heterocycles. The van der Waals surface area contributed by atoms with Crippen molar-refractivity contribution in [1.29, 1.82) is 0 Å². The summed E-state index contributed by atoms with van der Waals surface area (Å²) in [4.78, 5) is 26.2. The molecule has 2 unspecified atom stereocenters. The van der Waals surface area contributed by atoms with E-state index in [0.29, 0.717) is 23.6 Å². The second-order valence-corrected chi connectivity index (χ2v) is 8.90. The summed E-state index contributed by atoms with van der Waals surface area (Å²) < 4.78 is 0. The lowest BCUT2D eigenvalue weighted by Gasteiger charge is -2.17. The van der Waals surface area contributed by atoms with E-state index < -0.39 is 5.91 Å². The zero-order valence-electron chi connectivity index (χ0n) is 19.9. The molecule has 0 fully saturated rings. The number of nitrogens with one attached hydrogen (secondary N) is 1. The Labute approximate surface area is 202 Å². The van der Waals surface area contributed by atoms with Crippen molar-refractivity contribution in [2.75, 3.05) is 11.1 Å². The molecule has 0 radical (unpaired) electrons. The van der Waals surface area contributed by atoms with Crippen LogP contribution < -0.4 is 11.1 Å². The Morgan fingerprint density at radius 3 is 2.39 bits per heavy atom. The molecule has 5 heteroatoms. The molecule has 174 valence electrons. The summed E-state index contributed by atoms with van der Waals surface area (Å²) >= 11 is 1.69. The molecule has 0 spiro atoms. The van der Waals surface area contributed by atoms with Gasteiger partial charge in [0.25, 0.3) is 0 Å². The molecule has 2 rings (SSSR count). The van der Waals surface area contributed by atoms with Gasteiger partial charge in [-0.1, -0.05) is 80.6 Å². The van der Waals surface area contributed by atoms with Gasteiger partial charge in [0, 0.05) is 27.5 Å². The highest BCUT2D eigenvalue weighted by atomic mass is 32.2. The highest BCUT2D eigenvalue weighted by Gasteiger charge is 2.20. The van der Waals surface area contributed by atoms with Gasteiger partial charge < -0.3 is 11.1 Å². The van der Waals surface area contributed by atoms with Crippen LogP contribution in [-0.4, -0.2) is 17.6 Å². The summed E-state index contributed by atoms with van der Waals surface area (Å²) in [7, 11) is 0. The van der Waals surface area contributed by atoms with E-state index in [1.807, 2.05) is 87.5 Å². The van der Waals surface area contributed by atoms with E-state index in [9.17, 15) is 9.59 Å². The average molecular weight is 463 g/mol. The predicted octanol–water partition coefficient (Wildman–Crippen LogP) is 6.78. The Kier molecular flexibility index (Phi) is 10.7. The minimum atomic E-state index is -0.517. The van der Waals surface area contributed by atoms with Crippen LogP contribution in [0, 0.1) is 5.92 Å². The first-order valence-electron chi connectivity index (χ1n) is 11.3. The van der Waals surface area contributed by atoms with Gasteiger partial charge in [-0.15, -0.1) is 11.8 Å². The summed E-state index contributed by atoms with van der Waals surface area (Å²) in [5, 5.41) is 2.96. The van der Waals surface area contributed by atoms with Gasteiger partial charge in [-0.2, -0.15) is 0 Å². The second-order valence-electron chi connectivity index (χ2n) is 7.84. The third-order valence-corrected chi connectivity index (χ3v) is 6.71. The maximum absolute atomic E-state index is 12.9. The van der Waals surface area contributed by atoms with Gasteiger partial charge in [0.2, 0.25) is 11.8 Å². The monoisotopic (exact) mass is 462 g/mol. The van der Waals surface area contributed by atoms with Crippen molar-refractivity contribution >= 4 is 34.2 Å². The highest BCUT2D eigenvalue weighted by Crippen LogP contribution is 2.33. The number of carbonyl (C=O) groups excluding carboxylic acids is 2. The highest BCUT2D eigenvalue weighted by molar-refractivity contribution is 8.08. The maximum atomic E-state index is 12.9. The lowest BCUT2D eigenvalue weighted by molar-refractivity contribution is -0.117. The van der Waals surface area contributed by atoms with Crippen molar-refractivity contribution in [2.24, 2.45) is 11.7 Å². The van der Waals surface area contributed by atoms with Gasteiger partial charge in [0.1, 0.15) is 0 Å². The first-order chi connectivity index (χ1) is 15.9. The summed E-state index contributed by atoms with van der Waals surface area (Å²) in [6.45, 7) is 8.09. The van der Waals surface area contributed by atoms with E-state index in [-0.39, 0.29) is 11.8 Å². The van der Waals surface area contributed by atoms with Crippen LogP contribution >= 0.6 is 11.8 Å².